The number of aryl methyl sites for hydroxylation is 1. The number of carbonyl (C=O) groups is 2. The molecule has 0 aromatic heterocycles. The van der Waals surface area contributed by atoms with Gasteiger partial charge in [0.25, 0.3) is 0 Å². The lowest BCUT2D eigenvalue weighted by molar-refractivity contribution is -0.117. The predicted octanol–water partition coefficient (Wildman–Crippen LogP) is 2.11. The summed E-state index contributed by atoms with van der Waals surface area (Å²) >= 11 is 0. The third-order valence-corrected chi connectivity index (χ3v) is 6.08. The maximum atomic E-state index is 12.9. The zero-order valence-corrected chi connectivity index (χ0v) is 19.5. The largest absolute Gasteiger partial charge is 0.495 e. The van der Waals surface area contributed by atoms with Gasteiger partial charge in [-0.1, -0.05) is 6.07 Å². The van der Waals surface area contributed by atoms with Crippen LogP contribution in [0, 0.1) is 6.92 Å². The first-order valence-corrected chi connectivity index (χ1v) is 10.9. The van der Waals surface area contributed by atoms with E-state index in [2.05, 4.69) is 10.0 Å². The van der Waals surface area contributed by atoms with Crippen LogP contribution in [0.5, 0.6) is 17.2 Å². The Balaban J connectivity index is 2.33. The Hall–Kier alpha value is -3.31. The molecule has 0 saturated carbocycles. The van der Waals surface area contributed by atoms with Crippen molar-refractivity contribution in [3.8, 4) is 17.2 Å². The fourth-order valence-corrected chi connectivity index (χ4v) is 4.30. The number of hydrogen-bond acceptors (Lipinski definition) is 8. The zero-order chi connectivity index (χ0) is 24.1. The number of anilines is 1. The number of rotatable bonds is 9. The highest BCUT2D eigenvalue weighted by atomic mass is 32.2. The minimum absolute atomic E-state index is 0.00825. The average molecular weight is 467 g/mol. The van der Waals surface area contributed by atoms with Gasteiger partial charge >= 0.3 is 5.97 Å². The Labute approximate surface area is 186 Å². The summed E-state index contributed by atoms with van der Waals surface area (Å²) in [6, 6.07) is 6.22. The molecule has 0 bridgehead atoms. The summed E-state index contributed by atoms with van der Waals surface area (Å²) in [5.41, 5.74) is 0.781. The molecule has 0 aliphatic rings. The second-order valence-corrected chi connectivity index (χ2v) is 8.41. The van der Waals surface area contributed by atoms with Gasteiger partial charge < -0.3 is 24.3 Å². The molecule has 11 heteroatoms. The molecule has 0 heterocycles. The first-order chi connectivity index (χ1) is 15.1. The number of ether oxygens (including phenoxy) is 4. The van der Waals surface area contributed by atoms with Gasteiger partial charge in [0.2, 0.25) is 15.9 Å². The van der Waals surface area contributed by atoms with Gasteiger partial charge in [0.05, 0.1) is 45.7 Å². The Morgan fingerprint density at radius 1 is 0.906 bits per heavy atom. The van der Waals surface area contributed by atoms with E-state index in [1.165, 1.54) is 59.6 Å². The summed E-state index contributed by atoms with van der Waals surface area (Å²) in [4.78, 5) is 24.8. The van der Waals surface area contributed by atoms with E-state index in [0.29, 0.717) is 5.56 Å². The molecule has 2 N–H and O–H groups in total. The number of methoxy groups -OCH3 is 4. The van der Waals surface area contributed by atoms with Gasteiger partial charge in [-0.25, -0.2) is 13.2 Å². The molecule has 0 aliphatic heterocycles. The van der Waals surface area contributed by atoms with E-state index in [-0.39, 0.29) is 33.4 Å². The van der Waals surface area contributed by atoms with Crippen molar-refractivity contribution in [1.29, 1.82) is 0 Å². The van der Waals surface area contributed by atoms with Gasteiger partial charge in [-0.05, 0) is 31.5 Å². The SMILES string of the molecule is COC(=O)c1cc(OC)c(OC)cc1NC(=O)[C@@H](C)NS(=O)(=O)c1cc(C)ccc1OC. The maximum absolute atomic E-state index is 12.9. The molecule has 2 rings (SSSR count). The van der Waals surface area contributed by atoms with Gasteiger partial charge in [0, 0.05) is 12.1 Å². The molecule has 10 nitrogen and oxygen atoms in total. The Morgan fingerprint density at radius 3 is 2.06 bits per heavy atom. The summed E-state index contributed by atoms with van der Waals surface area (Å²) < 4.78 is 48.3. The fourth-order valence-electron chi connectivity index (χ4n) is 2.85. The molecule has 0 radical (unpaired) electrons. The van der Waals surface area contributed by atoms with Crippen molar-refractivity contribution in [2.24, 2.45) is 0 Å². The van der Waals surface area contributed by atoms with E-state index in [1.54, 1.807) is 13.0 Å². The highest BCUT2D eigenvalue weighted by molar-refractivity contribution is 7.89. The number of hydrogen-bond donors (Lipinski definition) is 2. The maximum Gasteiger partial charge on any atom is 0.340 e. The summed E-state index contributed by atoms with van der Waals surface area (Å²) in [6.07, 6.45) is 0. The monoisotopic (exact) mass is 466 g/mol. The standard InChI is InChI=1S/C21H26N2O8S/c1-12-7-8-16(28-3)19(9-12)32(26,27)23-13(2)20(24)22-15-11-18(30-5)17(29-4)10-14(15)21(25)31-6/h7-11,13,23H,1-6H3,(H,22,24)/t13-/m1/s1. The summed E-state index contributed by atoms with van der Waals surface area (Å²) in [5.74, 6) is -0.778. The van der Waals surface area contributed by atoms with Crippen molar-refractivity contribution in [2.75, 3.05) is 33.8 Å². The van der Waals surface area contributed by atoms with E-state index < -0.39 is 27.9 Å². The van der Waals surface area contributed by atoms with Crippen LogP contribution in [0.1, 0.15) is 22.8 Å². The minimum atomic E-state index is -4.09. The molecular weight excluding hydrogens is 440 g/mol. The van der Waals surface area contributed by atoms with Crippen molar-refractivity contribution in [1.82, 2.24) is 4.72 Å². The lowest BCUT2D eigenvalue weighted by atomic mass is 10.1. The Bertz CT molecular complexity index is 1120. The van der Waals surface area contributed by atoms with Gasteiger partial charge in [0.15, 0.2) is 11.5 Å². The third-order valence-electron chi connectivity index (χ3n) is 4.52. The van der Waals surface area contributed by atoms with E-state index in [4.69, 9.17) is 18.9 Å². The van der Waals surface area contributed by atoms with Crippen LogP contribution >= 0.6 is 0 Å². The molecular formula is C21H26N2O8S. The van der Waals surface area contributed by atoms with Crippen LogP contribution in [0.3, 0.4) is 0 Å². The fraction of sp³-hybridized carbons (Fsp3) is 0.333. The molecule has 0 unspecified atom stereocenters. The van der Waals surface area contributed by atoms with E-state index in [9.17, 15) is 18.0 Å². The zero-order valence-electron chi connectivity index (χ0n) is 18.6. The number of sulfonamides is 1. The molecule has 174 valence electrons. The summed E-state index contributed by atoms with van der Waals surface area (Å²) in [5, 5.41) is 2.53. The van der Waals surface area contributed by atoms with Crippen LogP contribution in [0.4, 0.5) is 5.69 Å². The molecule has 32 heavy (non-hydrogen) atoms. The van der Waals surface area contributed by atoms with Crippen molar-refractivity contribution >= 4 is 27.6 Å². The molecule has 0 fully saturated rings. The van der Waals surface area contributed by atoms with Crippen LogP contribution in [-0.4, -0.2) is 54.8 Å². The van der Waals surface area contributed by atoms with Crippen molar-refractivity contribution < 1.29 is 37.0 Å². The number of amides is 1. The summed E-state index contributed by atoms with van der Waals surface area (Å²) in [7, 11) is 1.25. The van der Waals surface area contributed by atoms with Gasteiger partial charge in [-0.2, -0.15) is 4.72 Å². The topological polar surface area (TPSA) is 129 Å². The molecule has 0 saturated heterocycles. The van der Waals surface area contributed by atoms with Crippen LogP contribution in [0.2, 0.25) is 0 Å². The molecule has 2 aromatic rings. The molecule has 1 amide bonds. The lowest BCUT2D eigenvalue weighted by Crippen LogP contribution is -2.41. The third kappa shape index (κ3) is 5.48. The first kappa shape index (κ1) is 25.0. The highest BCUT2D eigenvalue weighted by Gasteiger charge is 2.27. The Morgan fingerprint density at radius 2 is 1.50 bits per heavy atom. The highest BCUT2D eigenvalue weighted by Crippen LogP contribution is 2.34. The molecule has 2 aromatic carbocycles. The van der Waals surface area contributed by atoms with Gasteiger partial charge in [-0.15, -0.1) is 0 Å². The number of carbonyl (C=O) groups excluding carboxylic acids is 2. The summed E-state index contributed by atoms with van der Waals surface area (Å²) in [6.45, 7) is 3.10. The van der Waals surface area contributed by atoms with E-state index in [1.807, 2.05) is 0 Å². The normalized spacial score (nSPS) is 11.9. The smallest absolute Gasteiger partial charge is 0.340 e. The number of nitrogens with one attached hydrogen (secondary N) is 2. The van der Waals surface area contributed by atoms with E-state index >= 15 is 0 Å². The van der Waals surface area contributed by atoms with Crippen LogP contribution in [-0.2, 0) is 19.6 Å². The minimum Gasteiger partial charge on any atom is -0.495 e. The van der Waals surface area contributed by atoms with E-state index in [0.717, 1.165) is 0 Å². The van der Waals surface area contributed by atoms with Crippen LogP contribution in [0.25, 0.3) is 0 Å². The van der Waals surface area contributed by atoms with Crippen molar-refractivity contribution in [2.45, 2.75) is 24.8 Å². The molecule has 1 atom stereocenters. The second kappa shape index (κ2) is 10.3. The lowest BCUT2D eigenvalue weighted by Gasteiger charge is -2.18. The van der Waals surface area contributed by atoms with Crippen LogP contribution in [0.15, 0.2) is 35.2 Å². The average Bonchev–Trinajstić information content (AvgIpc) is 2.77. The van der Waals surface area contributed by atoms with Crippen molar-refractivity contribution in [3.05, 3.63) is 41.5 Å². The number of benzene rings is 2. The van der Waals surface area contributed by atoms with Crippen molar-refractivity contribution in [3.63, 3.8) is 0 Å². The predicted molar refractivity (Wildman–Crippen MR) is 117 cm³/mol. The quantitative estimate of drug-likeness (QED) is 0.538. The second-order valence-electron chi connectivity index (χ2n) is 6.73. The Kier molecular flexibility index (Phi) is 8.06. The first-order valence-electron chi connectivity index (χ1n) is 9.40. The molecule has 0 spiro atoms. The van der Waals surface area contributed by atoms with Gasteiger partial charge in [-0.3, -0.25) is 4.79 Å². The van der Waals surface area contributed by atoms with Crippen LogP contribution < -0.4 is 24.2 Å². The number of esters is 1. The molecule has 0 aliphatic carbocycles. The van der Waals surface area contributed by atoms with Gasteiger partial charge in [0.1, 0.15) is 10.6 Å².